The van der Waals surface area contributed by atoms with Gasteiger partial charge in [0, 0.05) is 16.7 Å². The van der Waals surface area contributed by atoms with Gasteiger partial charge in [0.25, 0.3) is 5.56 Å². The van der Waals surface area contributed by atoms with E-state index in [9.17, 15) is 4.79 Å². The molecule has 0 unspecified atom stereocenters. The lowest BCUT2D eigenvalue weighted by Gasteiger charge is -2.18. The van der Waals surface area contributed by atoms with E-state index in [2.05, 4.69) is 17.1 Å². The van der Waals surface area contributed by atoms with Gasteiger partial charge in [0.15, 0.2) is 0 Å². The van der Waals surface area contributed by atoms with Gasteiger partial charge < -0.3 is 10.5 Å². The van der Waals surface area contributed by atoms with E-state index < -0.39 is 5.54 Å². The Morgan fingerprint density at radius 3 is 2.77 bits per heavy atom. The Morgan fingerprint density at radius 1 is 1.32 bits per heavy atom. The predicted octanol–water partition coefficient (Wildman–Crippen LogP) is 2.81. The first-order chi connectivity index (χ1) is 10.4. The van der Waals surface area contributed by atoms with Gasteiger partial charge in [-0.3, -0.25) is 4.79 Å². The van der Waals surface area contributed by atoms with Gasteiger partial charge in [-0.1, -0.05) is 25.5 Å². The molecule has 0 saturated heterocycles. The Balaban J connectivity index is 2.32. The SMILES string of the molecule is CCCCOc1cccc(-c2cc(C(C)(C)N)c(=O)[nH]n2)c1. The van der Waals surface area contributed by atoms with Crippen molar-refractivity contribution < 1.29 is 4.74 Å². The molecule has 0 atom stereocenters. The fourth-order valence-electron chi connectivity index (χ4n) is 2.11. The van der Waals surface area contributed by atoms with Crippen molar-refractivity contribution in [1.29, 1.82) is 0 Å². The maximum Gasteiger partial charge on any atom is 0.269 e. The Hall–Kier alpha value is -2.14. The number of rotatable bonds is 6. The molecule has 0 spiro atoms. The van der Waals surface area contributed by atoms with Crippen LogP contribution in [0.1, 0.15) is 39.2 Å². The van der Waals surface area contributed by atoms with Crippen LogP contribution in [0.5, 0.6) is 5.75 Å². The van der Waals surface area contributed by atoms with Crippen LogP contribution in [0, 0.1) is 0 Å². The summed E-state index contributed by atoms with van der Waals surface area (Å²) in [5, 5.41) is 6.63. The summed E-state index contributed by atoms with van der Waals surface area (Å²) >= 11 is 0. The zero-order chi connectivity index (χ0) is 16.2. The summed E-state index contributed by atoms with van der Waals surface area (Å²) < 4.78 is 5.71. The number of benzene rings is 1. The topological polar surface area (TPSA) is 81.0 Å². The van der Waals surface area contributed by atoms with E-state index in [-0.39, 0.29) is 5.56 Å². The van der Waals surface area contributed by atoms with Crippen molar-refractivity contribution in [3.05, 3.63) is 46.2 Å². The zero-order valence-electron chi connectivity index (χ0n) is 13.3. The lowest BCUT2D eigenvalue weighted by molar-refractivity contribution is 0.309. The van der Waals surface area contributed by atoms with Gasteiger partial charge in [-0.15, -0.1) is 0 Å². The number of hydrogen-bond donors (Lipinski definition) is 2. The fourth-order valence-corrected chi connectivity index (χ4v) is 2.11. The van der Waals surface area contributed by atoms with E-state index in [1.54, 1.807) is 19.9 Å². The Morgan fingerprint density at radius 2 is 2.09 bits per heavy atom. The van der Waals surface area contributed by atoms with Crippen molar-refractivity contribution in [2.24, 2.45) is 5.73 Å². The quantitative estimate of drug-likeness (QED) is 0.804. The minimum Gasteiger partial charge on any atom is -0.494 e. The summed E-state index contributed by atoms with van der Waals surface area (Å²) in [4.78, 5) is 11.9. The van der Waals surface area contributed by atoms with Crippen LogP contribution in [0.15, 0.2) is 35.1 Å². The van der Waals surface area contributed by atoms with Crippen molar-refractivity contribution in [1.82, 2.24) is 10.2 Å². The second-order valence-electron chi connectivity index (χ2n) is 5.95. The number of hydrogen-bond acceptors (Lipinski definition) is 4. The second kappa shape index (κ2) is 6.75. The van der Waals surface area contributed by atoms with Crippen molar-refractivity contribution in [3.63, 3.8) is 0 Å². The summed E-state index contributed by atoms with van der Waals surface area (Å²) in [6, 6.07) is 9.42. The first-order valence-corrected chi connectivity index (χ1v) is 7.54. The van der Waals surface area contributed by atoms with Crippen LogP contribution in [0.3, 0.4) is 0 Å². The molecule has 1 aromatic carbocycles. The summed E-state index contributed by atoms with van der Waals surface area (Å²) in [5.74, 6) is 0.799. The standard InChI is InChI=1S/C17H23N3O2/c1-4-5-9-22-13-8-6-7-12(10-13)15-11-14(17(2,3)18)16(21)20-19-15/h6-8,10-11H,4-5,9,18H2,1-3H3,(H,20,21). The second-order valence-corrected chi connectivity index (χ2v) is 5.95. The smallest absolute Gasteiger partial charge is 0.269 e. The maximum absolute atomic E-state index is 11.9. The molecule has 5 nitrogen and oxygen atoms in total. The highest BCUT2D eigenvalue weighted by Crippen LogP contribution is 2.24. The third kappa shape index (κ3) is 3.95. The monoisotopic (exact) mass is 301 g/mol. The van der Waals surface area contributed by atoms with Gasteiger partial charge in [-0.05, 0) is 38.5 Å². The summed E-state index contributed by atoms with van der Waals surface area (Å²) in [7, 11) is 0. The molecule has 0 aliphatic rings. The summed E-state index contributed by atoms with van der Waals surface area (Å²) in [6.45, 7) is 6.41. The normalized spacial score (nSPS) is 11.5. The van der Waals surface area contributed by atoms with E-state index >= 15 is 0 Å². The lowest BCUT2D eigenvalue weighted by atomic mass is 9.96. The molecule has 0 bridgehead atoms. The molecule has 0 saturated carbocycles. The van der Waals surface area contributed by atoms with Crippen LogP contribution in [0.25, 0.3) is 11.3 Å². The van der Waals surface area contributed by atoms with Crippen LogP contribution < -0.4 is 16.0 Å². The number of nitrogens with two attached hydrogens (primary N) is 1. The molecule has 22 heavy (non-hydrogen) atoms. The lowest BCUT2D eigenvalue weighted by Crippen LogP contribution is -2.35. The number of ether oxygens (including phenoxy) is 1. The average molecular weight is 301 g/mol. The third-order valence-electron chi connectivity index (χ3n) is 3.39. The molecule has 0 radical (unpaired) electrons. The molecule has 0 aliphatic heterocycles. The highest BCUT2D eigenvalue weighted by Gasteiger charge is 2.19. The number of H-pyrrole nitrogens is 1. The highest BCUT2D eigenvalue weighted by atomic mass is 16.5. The molecule has 2 aromatic rings. The third-order valence-corrected chi connectivity index (χ3v) is 3.39. The van der Waals surface area contributed by atoms with E-state index in [4.69, 9.17) is 10.5 Å². The van der Waals surface area contributed by atoms with Gasteiger partial charge in [0.05, 0.1) is 12.3 Å². The van der Waals surface area contributed by atoms with E-state index in [0.29, 0.717) is 17.9 Å². The van der Waals surface area contributed by atoms with Crippen LogP contribution in [0.4, 0.5) is 0 Å². The molecule has 1 aromatic heterocycles. The van der Waals surface area contributed by atoms with E-state index in [0.717, 1.165) is 24.2 Å². The Labute approximate surface area is 130 Å². The Kier molecular flexibility index (Phi) is 4.98. The van der Waals surface area contributed by atoms with Crippen molar-refractivity contribution in [3.8, 4) is 17.0 Å². The number of nitrogens with zero attached hydrogens (tertiary/aromatic N) is 1. The largest absolute Gasteiger partial charge is 0.494 e. The first kappa shape index (κ1) is 16.2. The van der Waals surface area contributed by atoms with Crippen LogP contribution in [0.2, 0.25) is 0 Å². The van der Waals surface area contributed by atoms with Crippen molar-refractivity contribution in [2.45, 2.75) is 39.2 Å². The number of aromatic amines is 1. The molecule has 5 heteroatoms. The molecular weight excluding hydrogens is 278 g/mol. The zero-order valence-corrected chi connectivity index (χ0v) is 13.3. The van der Waals surface area contributed by atoms with Crippen LogP contribution >= 0.6 is 0 Å². The number of nitrogens with one attached hydrogen (secondary N) is 1. The molecule has 0 aliphatic carbocycles. The first-order valence-electron chi connectivity index (χ1n) is 7.54. The molecule has 118 valence electrons. The van der Waals surface area contributed by atoms with Crippen molar-refractivity contribution in [2.75, 3.05) is 6.61 Å². The molecule has 3 N–H and O–H groups in total. The van der Waals surface area contributed by atoms with Crippen LogP contribution in [-0.4, -0.2) is 16.8 Å². The minimum absolute atomic E-state index is 0.258. The molecule has 0 fully saturated rings. The average Bonchev–Trinajstić information content (AvgIpc) is 2.47. The molecule has 2 rings (SSSR count). The maximum atomic E-state index is 11.9. The predicted molar refractivity (Wildman–Crippen MR) is 87.9 cm³/mol. The minimum atomic E-state index is -0.722. The number of unbranched alkanes of at least 4 members (excludes halogenated alkanes) is 1. The molecule has 1 heterocycles. The summed E-state index contributed by atoms with van der Waals surface area (Å²) in [5.41, 5.74) is 7.13. The van der Waals surface area contributed by atoms with E-state index in [1.165, 1.54) is 0 Å². The Bertz CT molecular complexity index is 687. The highest BCUT2D eigenvalue weighted by molar-refractivity contribution is 5.61. The molecule has 0 amide bonds. The van der Waals surface area contributed by atoms with Gasteiger partial charge in [0.1, 0.15) is 5.75 Å². The van der Waals surface area contributed by atoms with Crippen LogP contribution in [-0.2, 0) is 5.54 Å². The van der Waals surface area contributed by atoms with Gasteiger partial charge in [-0.2, -0.15) is 5.10 Å². The summed E-state index contributed by atoms with van der Waals surface area (Å²) in [6.07, 6.45) is 2.11. The fraction of sp³-hybridized carbons (Fsp3) is 0.412. The van der Waals surface area contributed by atoms with Gasteiger partial charge >= 0.3 is 0 Å². The van der Waals surface area contributed by atoms with E-state index in [1.807, 2.05) is 24.3 Å². The van der Waals surface area contributed by atoms with Gasteiger partial charge in [0.2, 0.25) is 0 Å². The number of aromatic nitrogens is 2. The van der Waals surface area contributed by atoms with Gasteiger partial charge in [-0.25, -0.2) is 5.10 Å². The van der Waals surface area contributed by atoms with Crippen molar-refractivity contribution >= 4 is 0 Å². The molecular formula is C17H23N3O2.